The average Bonchev–Trinajstić information content (AvgIpc) is 2.54. The highest BCUT2D eigenvalue weighted by Crippen LogP contribution is 2.24. The van der Waals surface area contributed by atoms with Crippen LogP contribution in [0.4, 0.5) is 0 Å². The molecule has 1 fully saturated rings. The Kier molecular flexibility index (Phi) is 6.24. The van der Waals surface area contributed by atoms with Gasteiger partial charge in [-0.2, -0.15) is 0 Å². The molecule has 1 aromatic carbocycles. The molecular weight excluding hydrogens is 262 g/mol. The van der Waals surface area contributed by atoms with Crippen molar-refractivity contribution in [3.63, 3.8) is 0 Å². The molecule has 1 aliphatic heterocycles. The Hall–Kier alpha value is -1.35. The summed E-state index contributed by atoms with van der Waals surface area (Å²) in [4.78, 5) is 14.2. The van der Waals surface area contributed by atoms with Crippen LogP contribution in [0, 0.1) is 5.92 Å². The van der Waals surface area contributed by atoms with Gasteiger partial charge in [0.2, 0.25) is 0 Å². The Bertz CT molecular complexity index is 424. The number of nitrogens with zero attached hydrogens (tertiary/aromatic N) is 1. The minimum absolute atomic E-state index is 0.0438. The summed E-state index contributed by atoms with van der Waals surface area (Å²) in [5.74, 6) is 0.668. The summed E-state index contributed by atoms with van der Waals surface area (Å²) in [6.07, 6.45) is 5.42. The van der Waals surface area contributed by atoms with Crippen molar-refractivity contribution in [2.75, 3.05) is 20.2 Å². The molecule has 1 aliphatic rings. The molecule has 0 spiro atoms. The van der Waals surface area contributed by atoms with Gasteiger partial charge in [-0.3, -0.25) is 9.69 Å². The number of rotatable bonds is 6. The zero-order chi connectivity index (χ0) is 15.1. The third-order valence-corrected chi connectivity index (χ3v) is 4.49. The lowest BCUT2D eigenvalue weighted by Gasteiger charge is -2.36. The number of methoxy groups -OCH3 is 1. The molecule has 1 unspecified atom stereocenters. The third kappa shape index (κ3) is 4.57. The predicted octanol–water partition coefficient (Wildman–Crippen LogP) is 3.28. The molecule has 0 aromatic heterocycles. The summed E-state index contributed by atoms with van der Waals surface area (Å²) in [7, 11) is 1.49. The lowest BCUT2D eigenvalue weighted by molar-refractivity contribution is -0.148. The number of hydrogen-bond donors (Lipinski definition) is 0. The van der Waals surface area contributed by atoms with E-state index in [-0.39, 0.29) is 12.0 Å². The second-order valence-corrected chi connectivity index (χ2v) is 6.00. The molecule has 116 valence electrons. The number of benzene rings is 1. The van der Waals surface area contributed by atoms with Gasteiger partial charge in [0.25, 0.3) is 0 Å². The van der Waals surface area contributed by atoms with Gasteiger partial charge in [0.1, 0.15) is 6.04 Å². The average molecular weight is 289 g/mol. The SMILES string of the molecule is CCCC(C(=O)OC)N1CCC(Cc2ccccc2)CC1. The molecule has 1 saturated heterocycles. The maximum Gasteiger partial charge on any atom is 0.323 e. The van der Waals surface area contributed by atoms with Crippen LogP contribution in [0.2, 0.25) is 0 Å². The maximum atomic E-state index is 11.9. The van der Waals surface area contributed by atoms with Crippen LogP contribution in [0.25, 0.3) is 0 Å². The highest BCUT2D eigenvalue weighted by Gasteiger charge is 2.29. The van der Waals surface area contributed by atoms with E-state index in [2.05, 4.69) is 42.2 Å². The lowest BCUT2D eigenvalue weighted by Crippen LogP contribution is -2.46. The molecule has 0 aliphatic carbocycles. The van der Waals surface area contributed by atoms with E-state index in [1.807, 2.05) is 0 Å². The first-order valence-electron chi connectivity index (χ1n) is 8.10. The zero-order valence-corrected chi connectivity index (χ0v) is 13.3. The van der Waals surface area contributed by atoms with E-state index >= 15 is 0 Å². The van der Waals surface area contributed by atoms with Crippen LogP contribution in [0.15, 0.2) is 30.3 Å². The van der Waals surface area contributed by atoms with Crippen molar-refractivity contribution < 1.29 is 9.53 Å². The van der Waals surface area contributed by atoms with Crippen molar-refractivity contribution in [2.45, 2.75) is 45.1 Å². The maximum absolute atomic E-state index is 11.9. The third-order valence-electron chi connectivity index (χ3n) is 4.49. The molecule has 2 rings (SSSR count). The van der Waals surface area contributed by atoms with Crippen LogP contribution in [-0.4, -0.2) is 37.1 Å². The van der Waals surface area contributed by atoms with Crippen molar-refractivity contribution in [2.24, 2.45) is 5.92 Å². The quantitative estimate of drug-likeness (QED) is 0.753. The van der Waals surface area contributed by atoms with Crippen molar-refractivity contribution in [3.8, 4) is 0 Å². The minimum Gasteiger partial charge on any atom is -0.468 e. The Morgan fingerprint density at radius 3 is 2.52 bits per heavy atom. The van der Waals surface area contributed by atoms with Crippen LogP contribution in [0.1, 0.15) is 38.2 Å². The number of likely N-dealkylation sites (tertiary alicyclic amines) is 1. The molecule has 0 amide bonds. The van der Waals surface area contributed by atoms with Crippen molar-refractivity contribution in [1.29, 1.82) is 0 Å². The number of hydrogen-bond acceptors (Lipinski definition) is 3. The van der Waals surface area contributed by atoms with E-state index in [0.29, 0.717) is 0 Å². The fraction of sp³-hybridized carbons (Fsp3) is 0.611. The highest BCUT2D eigenvalue weighted by molar-refractivity contribution is 5.75. The number of piperidine rings is 1. The topological polar surface area (TPSA) is 29.5 Å². The fourth-order valence-corrected chi connectivity index (χ4v) is 3.28. The first-order valence-corrected chi connectivity index (χ1v) is 8.10. The van der Waals surface area contributed by atoms with Gasteiger partial charge in [-0.1, -0.05) is 43.7 Å². The number of carbonyl (C=O) groups excluding carboxylic acids is 1. The molecule has 3 heteroatoms. The Labute approximate surface area is 128 Å². The first-order chi connectivity index (χ1) is 10.2. The molecule has 1 heterocycles. The molecule has 21 heavy (non-hydrogen) atoms. The summed E-state index contributed by atoms with van der Waals surface area (Å²) in [5.41, 5.74) is 1.43. The fourth-order valence-electron chi connectivity index (χ4n) is 3.28. The second-order valence-electron chi connectivity index (χ2n) is 6.00. The van der Waals surface area contributed by atoms with E-state index in [0.717, 1.165) is 38.3 Å². The number of carbonyl (C=O) groups is 1. The lowest BCUT2D eigenvalue weighted by atomic mass is 9.89. The summed E-state index contributed by atoms with van der Waals surface area (Å²) >= 11 is 0. The van der Waals surface area contributed by atoms with E-state index < -0.39 is 0 Å². The zero-order valence-electron chi connectivity index (χ0n) is 13.3. The summed E-state index contributed by atoms with van der Waals surface area (Å²) in [6, 6.07) is 10.7. The van der Waals surface area contributed by atoms with E-state index in [9.17, 15) is 4.79 Å². The van der Waals surface area contributed by atoms with Gasteiger partial charge in [0, 0.05) is 0 Å². The van der Waals surface area contributed by atoms with Crippen molar-refractivity contribution in [3.05, 3.63) is 35.9 Å². The van der Waals surface area contributed by atoms with Crippen LogP contribution < -0.4 is 0 Å². The van der Waals surface area contributed by atoms with E-state index in [1.165, 1.54) is 25.5 Å². The highest BCUT2D eigenvalue weighted by atomic mass is 16.5. The predicted molar refractivity (Wildman–Crippen MR) is 85.2 cm³/mol. The molecule has 0 radical (unpaired) electrons. The summed E-state index contributed by atoms with van der Waals surface area (Å²) in [6.45, 7) is 4.15. The normalized spacial score (nSPS) is 18.4. The Morgan fingerprint density at radius 1 is 1.29 bits per heavy atom. The summed E-state index contributed by atoms with van der Waals surface area (Å²) in [5, 5.41) is 0. The Morgan fingerprint density at radius 2 is 1.95 bits per heavy atom. The molecule has 0 saturated carbocycles. The van der Waals surface area contributed by atoms with Gasteiger partial charge < -0.3 is 4.74 Å². The monoisotopic (exact) mass is 289 g/mol. The molecule has 3 nitrogen and oxygen atoms in total. The summed E-state index contributed by atoms with van der Waals surface area (Å²) < 4.78 is 4.96. The number of esters is 1. The van der Waals surface area contributed by atoms with Gasteiger partial charge in [-0.05, 0) is 50.3 Å². The van der Waals surface area contributed by atoms with Crippen molar-refractivity contribution in [1.82, 2.24) is 4.90 Å². The number of ether oxygens (including phenoxy) is 1. The smallest absolute Gasteiger partial charge is 0.323 e. The molecule has 1 aromatic rings. The van der Waals surface area contributed by atoms with Gasteiger partial charge >= 0.3 is 5.97 Å². The van der Waals surface area contributed by atoms with Gasteiger partial charge in [-0.15, -0.1) is 0 Å². The van der Waals surface area contributed by atoms with Gasteiger partial charge in [-0.25, -0.2) is 0 Å². The molecule has 1 atom stereocenters. The minimum atomic E-state index is -0.0710. The molecule has 0 N–H and O–H groups in total. The van der Waals surface area contributed by atoms with Crippen LogP contribution in [0.5, 0.6) is 0 Å². The van der Waals surface area contributed by atoms with E-state index in [1.54, 1.807) is 0 Å². The largest absolute Gasteiger partial charge is 0.468 e. The Balaban J connectivity index is 1.85. The van der Waals surface area contributed by atoms with Crippen molar-refractivity contribution >= 4 is 5.97 Å². The molecule has 0 bridgehead atoms. The van der Waals surface area contributed by atoms with Gasteiger partial charge in [0.15, 0.2) is 0 Å². The first kappa shape index (κ1) is 16.0. The van der Waals surface area contributed by atoms with Crippen LogP contribution in [-0.2, 0) is 16.0 Å². The van der Waals surface area contributed by atoms with Crippen LogP contribution >= 0.6 is 0 Å². The standard InChI is InChI=1S/C18H27NO2/c1-3-7-17(18(20)21-2)19-12-10-16(11-13-19)14-15-8-5-4-6-9-15/h4-6,8-9,16-17H,3,7,10-14H2,1-2H3. The van der Waals surface area contributed by atoms with Crippen LogP contribution in [0.3, 0.4) is 0 Å². The van der Waals surface area contributed by atoms with E-state index in [4.69, 9.17) is 4.74 Å². The molecular formula is C18H27NO2. The van der Waals surface area contributed by atoms with Gasteiger partial charge in [0.05, 0.1) is 7.11 Å². The second kappa shape index (κ2) is 8.18.